The molecule has 0 aliphatic heterocycles. The van der Waals surface area contributed by atoms with Crippen LogP contribution >= 0.6 is 23.4 Å². The molecule has 1 heterocycles. The van der Waals surface area contributed by atoms with Gasteiger partial charge in [-0.15, -0.1) is 10.2 Å². The van der Waals surface area contributed by atoms with Crippen molar-refractivity contribution < 1.29 is 13.9 Å². The lowest BCUT2D eigenvalue weighted by Crippen LogP contribution is -2.15. The number of hydrogen-bond acceptors (Lipinski definition) is 5. The number of hydrogen-bond donors (Lipinski definition) is 1. The minimum Gasteiger partial charge on any atom is -0.483 e. The first kappa shape index (κ1) is 23.1. The van der Waals surface area contributed by atoms with E-state index in [-0.39, 0.29) is 22.8 Å². The summed E-state index contributed by atoms with van der Waals surface area (Å²) in [7, 11) is 0. The van der Waals surface area contributed by atoms with Crippen LogP contribution < -0.4 is 10.1 Å². The van der Waals surface area contributed by atoms with Gasteiger partial charge in [0, 0.05) is 12.2 Å². The lowest BCUT2D eigenvalue weighted by Gasteiger charge is -2.16. The molecule has 0 radical (unpaired) electrons. The van der Waals surface area contributed by atoms with E-state index in [0.717, 1.165) is 12.2 Å². The average Bonchev–Trinajstić information content (AvgIpc) is 3.18. The first-order chi connectivity index (χ1) is 14.9. The molecule has 0 saturated carbocycles. The van der Waals surface area contributed by atoms with E-state index >= 15 is 0 Å². The van der Waals surface area contributed by atoms with E-state index in [9.17, 15) is 9.18 Å². The van der Waals surface area contributed by atoms with Gasteiger partial charge in [0.1, 0.15) is 11.6 Å². The Hall–Kier alpha value is -2.58. The molecule has 0 bridgehead atoms. The SMILES string of the molecule is CCc1ccc(OC(C)c2nnc(SCC(=O)Nc3ccc(F)c(Cl)c3)n2CC)cc1. The number of anilines is 1. The van der Waals surface area contributed by atoms with E-state index in [1.165, 1.54) is 35.5 Å². The lowest BCUT2D eigenvalue weighted by atomic mass is 10.2. The molecule has 3 rings (SSSR count). The van der Waals surface area contributed by atoms with Gasteiger partial charge >= 0.3 is 0 Å². The number of amides is 1. The number of aromatic nitrogens is 3. The highest BCUT2D eigenvalue weighted by Gasteiger charge is 2.19. The minimum absolute atomic E-state index is 0.0425. The van der Waals surface area contributed by atoms with E-state index in [0.29, 0.717) is 23.2 Å². The summed E-state index contributed by atoms with van der Waals surface area (Å²) in [5, 5.41) is 11.8. The number of nitrogens with zero attached hydrogens (tertiary/aromatic N) is 3. The Morgan fingerprint density at radius 3 is 2.61 bits per heavy atom. The van der Waals surface area contributed by atoms with Crippen molar-refractivity contribution in [1.82, 2.24) is 14.8 Å². The Labute approximate surface area is 190 Å². The van der Waals surface area contributed by atoms with Crippen molar-refractivity contribution in [2.75, 3.05) is 11.1 Å². The van der Waals surface area contributed by atoms with Gasteiger partial charge in [0.15, 0.2) is 17.1 Å². The van der Waals surface area contributed by atoms with Gasteiger partial charge in [-0.25, -0.2) is 4.39 Å². The molecule has 1 atom stereocenters. The van der Waals surface area contributed by atoms with Crippen LogP contribution in [0.2, 0.25) is 5.02 Å². The molecule has 3 aromatic rings. The molecular weight excluding hydrogens is 439 g/mol. The highest BCUT2D eigenvalue weighted by Crippen LogP contribution is 2.25. The Morgan fingerprint density at radius 2 is 1.97 bits per heavy atom. The van der Waals surface area contributed by atoms with Gasteiger partial charge in [0.25, 0.3) is 0 Å². The van der Waals surface area contributed by atoms with Crippen LogP contribution in [-0.2, 0) is 17.8 Å². The van der Waals surface area contributed by atoms with Gasteiger partial charge in [-0.3, -0.25) is 4.79 Å². The fourth-order valence-electron chi connectivity index (χ4n) is 2.97. The zero-order valence-electron chi connectivity index (χ0n) is 17.6. The van der Waals surface area contributed by atoms with Gasteiger partial charge < -0.3 is 14.6 Å². The summed E-state index contributed by atoms with van der Waals surface area (Å²) < 4.78 is 21.2. The maximum atomic E-state index is 13.3. The molecule has 1 unspecified atom stereocenters. The van der Waals surface area contributed by atoms with Crippen molar-refractivity contribution in [1.29, 1.82) is 0 Å². The predicted molar refractivity (Wildman–Crippen MR) is 121 cm³/mol. The normalized spacial score (nSPS) is 11.9. The third-order valence-corrected chi connectivity index (χ3v) is 5.86. The summed E-state index contributed by atoms with van der Waals surface area (Å²) in [6.07, 6.45) is 0.673. The van der Waals surface area contributed by atoms with Crippen molar-refractivity contribution >= 4 is 35.0 Å². The highest BCUT2D eigenvalue weighted by atomic mass is 35.5. The first-order valence-corrected chi connectivity index (χ1v) is 11.3. The second-order valence-electron chi connectivity index (χ2n) is 6.81. The van der Waals surface area contributed by atoms with E-state index in [2.05, 4.69) is 22.4 Å². The minimum atomic E-state index is -0.532. The van der Waals surface area contributed by atoms with Gasteiger partial charge in [-0.05, 0) is 56.2 Å². The van der Waals surface area contributed by atoms with Crippen molar-refractivity contribution in [2.45, 2.75) is 45.0 Å². The zero-order chi connectivity index (χ0) is 22.4. The van der Waals surface area contributed by atoms with Crippen LogP contribution in [0.4, 0.5) is 10.1 Å². The topological polar surface area (TPSA) is 69.0 Å². The molecule has 164 valence electrons. The summed E-state index contributed by atoms with van der Waals surface area (Å²) >= 11 is 7.02. The van der Waals surface area contributed by atoms with Crippen LogP contribution in [0.15, 0.2) is 47.6 Å². The van der Waals surface area contributed by atoms with Gasteiger partial charge in [0.2, 0.25) is 5.91 Å². The first-order valence-electron chi connectivity index (χ1n) is 9.97. The van der Waals surface area contributed by atoms with E-state index in [1.807, 2.05) is 42.7 Å². The second-order valence-corrected chi connectivity index (χ2v) is 8.16. The number of aryl methyl sites for hydroxylation is 1. The van der Waals surface area contributed by atoms with Crippen LogP contribution in [-0.4, -0.2) is 26.4 Å². The highest BCUT2D eigenvalue weighted by molar-refractivity contribution is 7.99. The predicted octanol–water partition coefficient (Wildman–Crippen LogP) is 5.52. The van der Waals surface area contributed by atoms with Gasteiger partial charge in [-0.1, -0.05) is 42.4 Å². The van der Waals surface area contributed by atoms with Crippen molar-refractivity contribution in [3.8, 4) is 5.75 Å². The molecule has 1 amide bonds. The lowest BCUT2D eigenvalue weighted by molar-refractivity contribution is -0.113. The van der Waals surface area contributed by atoms with Gasteiger partial charge in [-0.2, -0.15) is 0 Å². The average molecular weight is 463 g/mol. The smallest absolute Gasteiger partial charge is 0.234 e. The molecule has 6 nitrogen and oxygen atoms in total. The van der Waals surface area contributed by atoms with Crippen LogP contribution in [0.5, 0.6) is 5.75 Å². The van der Waals surface area contributed by atoms with Crippen LogP contribution in [0.3, 0.4) is 0 Å². The number of nitrogens with one attached hydrogen (secondary N) is 1. The molecule has 0 fully saturated rings. The molecule has 0 saturated heterocycles. The number of ether oxygens (including phenoxy) is 1. The summed E-state index contributed by atoms with van der Waals surface area (Å²) in [6.45, 7) is 6.66. The zero-order valence-corrected chi connectivity index (χ0v) is 19.1. The second kappa shape index (κ2) is 10.6. The fraction of sp³-hybridized carbons (Fsp3) is 0.318. The number of carbonyl (C=O) groups excluding carboxylic acids is 1. The van der Waals surface area contributed by atoms with Crippen LogP contribution in [0.25, 0.3) is 0 Å². The van der Waals surface area contributed by atoms with Crippen molar-refractivity contribution in [3.63, 3.8) is 0 Å². The molecule has 1 aromatic heterocycles. The number of carbonyl (C=O) groups is 1. The largest absolute Gasteiger partial charge is 0.483 e. The molecule has 0 aliphatic rings. The number of benzene rings is 2. The standard InChI is InChI=1S/C22H24ClFN4O2S/c1-4-15-6-9-17(10-7-15)30-14(3)21-26-27-22(28(21)5-2)31-13-20(29)25-16-8-11-19(24)18(23)12-16/h6-12,14H,4-5,13H2,1-3H3,(H,25,29). The Morgan fingerprint density at radius 1 is 1.23 bits per heavy atom. The van der Waals surface area contributed by atoms with Crippen molar-refractivity contribution in [2.24, 2.45) is 0 Å². The van der Waals surface area contributed by atoms with E-state index in [1.54, 1.807) is 0 Å². The summed E-state index contributed by atoms with van der Waals surface area (Å²) in [5.74, 6) is 0.800. The fourth-order valence-corrected chi connectivity index (χ4v) is 3.96. The monoisotopic (exact) mass is 462 g/mol. The number of halogens is 2. The third kappa shape index (κ3) is 5.98. The van der Waals surface area contributed by atoms with Crippen LogP contribution in [0.1, 0.15) is 38.3 Å². The number of rotatable bonds is 9. The Bertz CT molecular complexity index is 1040. The molecule has 0 aliphatic carbocycles. The molecular formula is C22H24ClFN4O2S. The van der Waals surface area contributed by atoms with E-state index < -0.39 is 5.82 Å². The maximum Gasteiger partial charge on any atom is 0.234 e. The molecule has 31 heavy (non-hydrogen) atoms. The molecule has 2 aromatic carbocycles. The van der Waals surface area contributed by atoms with E-state index in [4.69, 9.17) is 16.3 Å². The molecule has 0 spiro atoms. The summed E-state index contributed by atoms with van der Waals surface area (Å²) in [6, 6.07) is 12.0. The van der Waals surface area contributed by atoms with Crippen LogP contribution in [0, 0.1) is 5.82 Å². The Balaban J connectivity index is 1.61. The van der Waals surface area contributed by atoms with Gasteiger partial charge in [0.05, 0.1) is 10.8 Å². The maximum absolute atomic E-state index is 13.3. The molecule has 9 heteroatoms. The summed E-state index contributed by atoms with van der Waals surface area (Å²) in [5.41, 5.74) is 1.68. The third-order valence-electron chi connectivity index (χ3n) is 4.61. The summed E-state index contributed by atoms with van der Waals surface area (Å²) in [4.78, 5) is 12.3. The Kier molecular flexibility index (Phi) is 7.92. The quantitative estimate of drug-likeness (QED) is 0.424. The van der Waals surface area contributed by atoms with Crippen molar-refractivity contribution in [3.05, 3.63) is 64.7 Å². The molecule has 1 N–H and O–H groups in total. The number of thioether (sulfide) groups is 1.